The smallest absolute Gasteiger partial charge is 0.162 e. The third kappa shape index (κ3) is 3.03. The van der Waals surface area contributed by atoms with Crippen molar-refractivity contribution in [2.45, 2.75) is 32.6 Å². The Balaban J connectivity index is 2.25. The molecule has 1 aliphatic carbocycles. The summed E-state index contributed by atoms with van der Waals surface area (Å²) in [5.41, 5.74) is 0.811. The van der Waals surface area contributed by atoms with Gasteiger partial charge in [-0.15, -0.1) is 11.6 Å². The van der Waals surface area contributed by atoms with Crippen molar-refractivity contribution in [1.29, 1.82) is 0 Å². The number of carbonyl (C=O) groups is 1. The van der Waals surface area contributed by atoms with Crippen molar-refractivity contribution in [3.8, 4) is 0 Å². The van der Waals surface area contributed by atoms with Gasteiger partial charge in [-0.05, 0) is 19.8 Å². The van der Waals surface area contributed by atoms with Crippen LogP contribution in [0.2, 0.25) is 0 Å². The van der Waals surface area contributed by atoms with Crippen molar-refractivity contribution in [1.82, 2.24) is 0 Å². The molecule has 2 nitrogen and oxygen atoms in total. The highest BCUT2D eigenvalue weighted by atomic mass is 35.5. The van der Waals surface area contributed by atoms with Crippen LogP contribution in [0.4, 0.5) is 0 Å². The quantitative estimate of drug-likeness (QED) is 0.506. The first-order chi connectivity index (χ1) is 6.25. The number of ketones is 1. The second-order valence-corrected chi connectivity index (χ2v) is 3.59. The van der Waals surface area contributed by atoms with E-state index in [-0.39, 0.29) is 5.78 Å². The van der Waals surface area contributed by atoms with Crippen molar-refractivity contribution in [3.63, 3.8) is 0 Å². The molecule has 0 saturated carbocycles. The van der Waals surface area contributed by atoms with E-state index in [9.17, 15) is 4.79 Å². The highest BCUT2D eigenvalue weighted by Crippen LogP contribution is 2.23. The molecule has 0 radical (unpaired) electrons. The van der Waals surface area contributed by atoms with Crippen molar-refractivity contribution < 1.29 is 9.53 Å². The van der Waals surface area contributed by atoms with Gasteiger partial charge in [-0.1, -0.05) is 0 Å². The average molecular weight is 203 g/mol. The van der Waals surface area contributed by atoms with Crippen LogP contribution < -0.4 is 0 Å². The normalized spacial score (nSPS) is 16.9. The van der Waals surface area contributed by atoms with Gasteiger partial charge in [0.05, 0.1) is 6.61 Å². The highest BCUT2D eigenvalue weighted by Gasteiger charge is 2.19. The number of rotatable bonds is 5. The summed E-state index contributed by atoms with van der Waals surface area (Å²) in [7, 11) is 0. The summed E-state index contributed by atoms with van der Waals surface area (Å²) in [5, 5.41) is 0. The molecule has 0 unspecified atom stereocenters. The first-order valence-corrected chi connectivity index (χ1v) is 5.21. The molecule has 3 heteroatoms. The molecular weight excluding hydrogens is 188 g/mol. The number of hydrogen-bond acceptors (Lipinski definition) is 2. The molecule has 0 spiro atoms. The number of allylic oxidation sites excluding steroid dienone is 2. The maximum atomic E-state index is 11.1. The number of carbonyl (C=O) groups excluding carboxylic acids is 1. The summed E-state index contributed by atoms with van der Waals surface area (Å²) < 4.78 is 5.49. The molecule has 0 heterocycles. The van der Waals surface area contributed by atoms with E-state index in [2.05, 4.69) is 0 Å². The van der Waals surface area contributed by atoms with Gasteiger partial charge < -0.3 is 4.74 Å². The minimum atomic E-state index is 0.229. The van der Waals surface area contributed by atoms with Crippen LogP contribution in [0.1, 0.15) is 32.6 Å². The Morgan fingerprint density at radius 2 is 2.15 bits per heavy atom. The lowest BCUT2D eigenvalue weighted by Gasteiger charge is -2.06. The van der Waals surface area contributed by atoms with Gasteiger partial charge in [0.2, 0.25) is 0 Å². The third-order valence-electron chi connectivity index (χ3n) is 2.22. The monoisotopic (exact) mass is 202 g/mol. The second-order valence-electron chi connectivity index (χ2n) is 3.22. The zero-order valence-electron chi connectivity index (χ0n) is 7.94. The van der Waals surface area contributed by atoms with E-state index in [1.54, 1.807) is 0 Å². The number of halogens is 1. The Labute approximate surface area is 83.9 Å². The maximum Gasteiger partial charge on any atom is 0.162 e. The molecule has 0 aromatic carbocycles. The highest BCUT2D eigenvalue weighted by molar-refractivity contribution is 6.17. The molecule has 0 N–H and O–H groups in total. The van der Waals surface area contributed by atoms with E-state index in [0.717, 1.165) is 30.6 Å². The van der Waals surface area contributed by atoms with Crippen LogP contribution in [0, 0.1) is 0 Å². The fourth-order valence-electron chi connectivity index (χ4n) is 1.33. The number of alkyl halides is 1. The van der Waals surface area contributed by atoms with Crippen LogP contribution in [0.15, 0.2) is 11.3 Å². The molecule has 13 heavy (non-hydrogen) atoms. The predicted octanol–water partition coefficient (Wildman–Crippen LogP) is 2.66. The summed E-state index contributed by atoms with van der Waals surface area (Å²) in [5.74, 6) is 1.80. The SMILES string of the molecule is CC1=C(OCCCCCl)CCC1=O. The van der Waals surface area contributed by atoms with Crippen LogP contribution in [-0.4, -0.2) is 18.3 Å². The van der Waals surface area contributed by atoms with Crippen LogP contribution in [-0.2, 0) is 9.53 Å². The van der Waals surface area contributed by atoms with Gasteiger partial charge in [-0.3, -0.25) is 4.79 Å². The topological polar surface area (TPSA) is 26.3 Å². The molecule has 0 aromatic heterocycles. The van der Waals surface area contributed by atoms with Gasteiger partial charge in [0, 0.05) is 24.3 Å². The maximum absolute atomic E-state index is 11.1. The van der Waals surface area contributed by atoms with Gasteiger partial charge in [0.15, 0.2) is 5.78 Å². The lowest BCUT2D eigenvalue weighted by Crippen LogP contribution is -1.96. The van der Waals surface area contributed by atoms with E-state index in [1.807, 2.05) is 6.92 Å². The van der Waals surface area contributed by atoms with Crippen molar-refractivity contribution in [2.24, 2.45) is 0 Å². The van der Waals surface area contributed by atoms with Crippen LogP contribution >= 0.6 is 11.6 Å². The fourth-order valence-corrected chi connectivity index (χ4v) is 1.52. The summed E-state index contributed by atoms with van der Waals surface area (Å²) >= 11 is 5.53. The predicted molar refractivity (Wildman–Crippen MR) is 52.8 cm³/mol. The van der Waals surface area contributed by atoms with Crippen LogP contribution in [0.3, 0.4) is 0 Å². The Hall–Kier alpha value is -0.500. The second kappa shape index (κ2) is 5.28. The van der Waals surface area contributed by atoms with Gasteiger partial charge >= 0.3 is 0 Å². The molecule has 0 amide bonds. The van der Waals surface area contributed by atoms with Crippen LogP contribution in [0.5, 0.6) is 0 Å². The summed E-state index contributed by atoms with van der Waals surface area (Å²) in [4.78, 5) is 11.1. The molecule has 0 bridgehead atoms. The number of hydrogen-bond donors (Lipinski definition) is 0. The summed E-state index contributed by atoms with van der Waals surface area (Å²) in [6.45, 7) is 2.53. The molecule has 74 valence electrons. The van der Waals surface area contributed by atoms with Gasteiger partial charge in [-0.2, -0.15) is 0 Å². The largest absolute Gasteiger partial charge is 0.498 e. The molecule has 0 saturated heterocycles. The molecule has 0 atom stereocenters. The molecule has 0 fully saturated rings. The summed E-state index contributed by atoms with van der Waals surface area (Å²) in [6.07, 6.45) is 3.35. The Morgan fingerprint density at radius 1 is 1.38 bits per heavy atom. The van der Waals surface area contributed by atoms with Gasteiger partial charge in [0.25, 0.3) is 0 Å². The van der Waals surface area contributed by atoms with Crippen molar-refractivity contribution in [3.05, 3.63) is 11.3 Å². The lowest BCUT2D eigenvalue weighted by molar-refractivity contribution is -0.114. The lowest BCUT2D eigenvalue weighted by atomic mass is 10.2. The van der Waals surface area contributed by atoms with Crippen molar-refractivity contribution in [2.75, 3.05) is 12.5 Å². The average Bonchev–Trinajstić information content (AvgIpc) is 2.43. The van der Waals surface area contributed by atoms with E-state index in [4.69, 9.17) is 16.3 Å². The Morgan fingerprint density at radius 3 is 2.69 bits per heavy atom. The zero-order chi connectivity index (χ0) is 9.68. The Kier molecular flexibility index (Phi) is 4.29. The van der Waals surface area contributed by atoms with E-state index < -0.39 is 0 Å². The minimum Gasteiger partial charge on any atom is -0.498 e. The third-order valence-corrected chi connectivity index (χ3v) is 2.49. The molecule has 0 aliphatic heterocycles. The van der Waals surface area contributed by atoms with Gasteiger partial charge in [0.1, 0.15) is 5.76 Å². The molecule has 1 rings (SSSR count). The van der Waals surface area contributed by atoms with E-state index in [0.29, 0.717) is 18.9 Å². The molecule has 0 aromatic rings. The number of Topliss-reactive ketones (excluding diaryl/α,β-unsaturated/α-hetero) is 1. The molecular formula is C10H15ClO2. The fraction of sp³-hybridized carbons (Fsp3) is 0.700. The summed E-state index contributed by atoms with van der Waals surface area (Å²) in [6, 6.07) is 0. The zero-order valence-corrected chi connectivity index (χ0v) is 8.69. The molecule has 1 aliphatic rings. The standard InChI is InChI=1S/C10H15ClO2/c1-8-9(12)4-5-10(8)13-7-3-2-6-11/h2-7H2,1H3. The van der Waals surface area contributed by atoms with Gasteiger partial charge in [-0.25, -0.2) is 0 Å². The first kappa shape index (κ1) is 10.6. The minimum absolute atomic E-state index is 0.229. The number of unbranched alkanes of at least 4 members (excludes halogenated alkanes) is 1. The van der Waals surface area contributed by atoms with E-state index >= 15 is 0 Å². The number of ether oxygens (including phenoxy) is 1. The van der Waals surface area contributed by atoms with E-state index in [1.165, 1.54) is 0 Å². The van der Waals surface area contributed by atoms with Crippen molar-refractivity contribution >= 4 is 17.4 Å². The first-order valence-electron chi connectivity index (χ1n) is 4.67. The Bertz CT molecular complexity index is 221. The van der Waals surface area contributed by atoms with Crippen LogP contribution in [0.25, 0.3) is 0 Å².